The molecule has 0 unspecified atom stereocenters. The van der Waals surface area contributed by atoms with Crippen molar-refractivity contribution in [3.8, 4) is 0 Å². The minimum absolute atomic E-state index is 0.0315. The smallest absolute Gasteiger partial charge is 0.309 e. The Morgan fingerprint density at radius 3 is 2.14 bits per heavy atom. The van der Waals surface area contributed by atoms with Gasteiger partial charge in [-0.15, -0.1) is 0 Å². The lowest BCUT2D eigenvalue weighted by molar-refractivity contribution is -0.350. The molecule has 0 bridgehead atoms. The van der Waals surface area contributed by atoms with Crippen molar-refractivity contribution in [2.45, 2.75) is 205 Å². The van der Waals surface area contributed by atoms with E-state index in [1.165, 1.54) is 28.3 Å². The van der Waals surface area contributed by atoms with Crippen LogP contribution in [0.15, 0.2) is 30.3 Å². The first-order chi connectivity index (χ1) is 32.9. The molecule has 1 aromatic carbocycles. The van der Waals surface area contributed by atoms with Crippen LogP contribution in [0.3, 0.4) is 0 Å². The van der Waals surface area contributed by atoms with Gasteiger partial charge in [0, 0.05) is 47.5 Å². The molecular formula is C50H83NO18S. The number of carbonyl (C=O) groups excluding carboxylic acids is 3. The summed E-state index contributed by atoms with van der Waals surface area (Å²) in [5, 5.41) is 11.8. The summed E-state index contributed by atoms with van der Waals surface area (Å²) in [6.07, 6.45) is -9.50. The van der Waals surface area contributed by atoms with Gasteiger partial charge in [-0.05, 0) is 90.8 Å². The van der Waals surface area contributed by atoms with Gasteiger partial charge in [0.1, 0.15) is 30.0 Å². The lowest BCUT2D eigenvalue weighted by Gasteiger charge is -2.51. The van der Waals surface area contributed by atoms with E-state index >= 15 is 0 Å². The first-order valence-electron chi connectivity index (χ1n) is 24.5. The van der Waals surface area contributed by atoms with Crippen molar-refractivity contribution in [3.05, 3.63) is 35.9 Å². The number of carbonyl (C=O) groups is 3. The van der Waals surface area contributed by atoms with E-state index in [1.807, 2.05) is 77.0 Å². The summed E-state index contributed by atoms with van der Waals surface area (Å²) < 4.78 is 101. The fourth-order valence-corrected chi connectivity index (χ4v) is 10.7. The maximum absolute atomic E-state index is 13.7. The molecule has 1 aromatic rings. The molecule has 1 N–H and O–H groups in total. The first kappa shape index (κ1) is 59.7. The fourth-order valence-electron chi connectivity index (χ4n) is 9.97. The summed E-state index contributed by atoms with van der Waals surface area (Å²) >= 11 is 0. The molecule has 0 radical (unpaired) electrons. The predicted octanol–water partition coefficient (Wildman–Crippen LogP) is 5.31. The van der Waals surface area contributed by atoms with Crippen molar-refractivity contribution < 1.29 is 84.2 Å². The van der Waals surface area contributed by atoms with Gasteiger partial charge in [-0.3, -0.25) is 18.6 Å². The molecule has 19 nitrogen and oxygen atoms in total. The van der Waals surface area contributed by atoms with E-state index in [2.05, 4.69) is 0 Å². The molecule has 3 fully saturated rings. The Kier molecular flexibility index (Phi) is 23.4. The van der Waals surface area contributed by atoms with Gasteiger partial charge in [-0.2, -0.15) is 8.42 Å². The zero-order valence-corrected chi connectivity index (χ0v) is 44.6. The molecule has 3 aliphatic rings. The van der Waals surface area contributed by atoms with Gasteiger partial charge in [0.15, 0.2) is 25.0 Å². The van der Waals surface area contributed by atoms with Crippen LogP contribution < -0.4 is 0 Å². The highest BCUT2D eigenvalue weighted by molar-refractivity contribution is 7.86. The summed E-state index contributed by atoms with van der Waals surface area (Å²) in [5.41, 5.74) is -0.657. The van der Waals surface area contributed by atoms with Crippen LogP contribution >= 0.6 is 0 Å². The van der Waals surface area contributed by atoms with E-state index in [-0.39, 0.29) is 44.6 Å². The highest BCUT2D eigenvalue weighted by Crippen LogP contribution is 2.40. The number of likely N-dealkylation sites (N-methyl/N-ethyl adjacent to an activating group) is 1. The average Bonchev–Trinajstić information content (AvgIpc) is 3.25. The van der Waals surface area contributed by atoms with E-state index < -0.39 is 131 Å². The first-order valence-corrected chi connectivity index (χ1v) is 26.4. The largest absolute Gasteiger partial charge is 0.463 e. The number of benzene rings is 1. The zero-order valence-electron chi connectivity index (χ0n) is 43.8. The number of ether oxygens (including phenoxy) is 11. The molecule has 0 aliphatic carbocycles. The average molecular weight is 1020 g/mol. The molecule has 3 aliphatic heterocycles. The van der Waals surface area contributed by atoms with Crippen molar-refractivity contribution in [2.24, 2.45) is 17.8 Å². The summed E-state index contributed by atoms with van der Waals surface area (Å²) in [5.74, 6) is -2.76. The Hall–Kier alpha value is -2.86. The van der Waals surface area contributed by atoms with Crippen molar-refractivity contribution in [3.63, 3.8) is 0 Å². The van der Waals surface area contributed by atoms with Gasteiger partial charge < -0.3 is 62.1 Å². The van der Waals surface area contributed by atoms with Crippen LogP contribution in [-0.4, -0.2) is 170 Å². The zero-order chi connectivity index (χ0) is 52.1. The van der Waals surface area contributed by atoms with Gasteiger partial charge in [0.25, 0.3) is 10.1 Å². The lowest BCUT2D eigenvalue weighted by atomic mass is 9.81. The van der Waals surface area contributed by atoms with Crippen LogP contribution in [0.5, 0.6) is 0 Å². The quantitative estimate of drug-likeness (QED) is 0.0803. The third-order valence-corrected chi connectivity index (χ3v) is 13.8. The van der Waals surface area contributed by atoms with Crippen LogP contribution in [0.2, 0.25) is 0 Å². The maximum atomic E-state index is 13.7. The summed E-state index contributed by atoms with van der Waals surface area (Å²) in [4.78, 5) is 41.3. The van der Waals surface area contributed by atoms with Gasteiger partial charge >= 0.3 is 17.9 Å². The van der Waals surface area contributed by atoms with E-state index in [0.29, 0.717) is 19.3 Å². The van der Waals surface area contributed by atoms with E-state index in [4.69, 9.17) is 56.3 Å². The predicted molar refractivity (Wildman–Crippen MR) is 255 cm³/mol. The van der Waals surface area contributed by atoms with Crippen LogP contribution in [0.4, 0.5) is 0 Å². The highest BCUT2D eigenvalue weighted by atomic mass is 32.2. The molecule has 16 atom stereocenters. The molecule has 20 heteroatoms. The SMILES string of the molecule is COC(C[C@H]1C[C@@H](C)[C@H](OS(C)(=O)=O)CCC[C@@H](C)OC(=O)C[C@@H](OC(C)=O)[C@H](OC)[C@H]1O[C@@H]1O[C@H](C)[C@@H](O[C@H]2C[C@@](C)(O)[C@@H](OC(=O)CC(C)C)[C@H](C)O2)[C@H](N(C)C)[C@H]1OCc1ccccc1)OC. The van der Waals surface area contributed by atoms with Gasteiger partial charge in [0.2, 0.25) is 0 Å². The minimum Gasteiger partial charge on any atom is -0.463 e. The normalized spacial score (nSPS) is 35.3. The Morgan fingerprint density at radius 1 is 0.900 bits per heavy atom. The molecular weight excluding hydrogens is 935 g/mol. The number of rotatable bonds is 19. The van der Waals surface area contributed by atoms with E-state index in [1.54, 1.807) is 20.8 Å². The van der Waals surface area contributed by atoms with Gasteiger partial charge in [-0.1, -0.05) is 51.1 Å². The number of hydrogen-bond acceptors (Lipinski definition) is 19. The lowest BCUT2D eigenvalue weighted by Crippen LogP contribution is -2.66. The third kappa shape index (κ3) is 18.0. The van der Waals surface area contributed by atoms with Crippen molar-refractivity contribution in [1.29, 1.82) is 0 Å². The topological polar surface area (TPSA) is 220 Å². The monoisotopic (exact) mass is 1020 g/mol. The van der Waals surface area contributed by atoms with Gasteiger partial charge in [0.05, 0.1) is 55.8 Å². The molecule has 3 heterocycles. The molecule has 4 rings (SSSR count). The molecule has 70 heavy (non-hydrogen) atoms. The van der Waals surface area contributed by atoms with Crippen molar-refractivity contribution >= 4 is 28.0 Å². The third-order valence-electron chi connectivity index (χ3n) is 13.2. The minimum atomic E-state index is -3.92. The fraction of sp³-hybridized carbons (Fsp3) is 0.820. The van der Waals surface area contributed by atoms with Crippen LogP contribution in [-0.2, 0) is 87.4 Å². The highest BCUT2D eigenvalue weighted by Gasteiger charge is 2.54. The second kappa shape index (κ2) is 27.4. The Morgan fingerprint density at radius 2 is 1.57 bits per heavy atom. The summed E-state index contributed by atoms with van der Waals surface area (Å²) in [7, 11) is 4.24. The van der Waals surface area contributed by atoms with E-state index in [9.17, 15) is 27.9 Å². The maximum Gasteiger partial charge on any atom is 0.309 e. The molecule has 0 spiro atoms. The Bertz CT molecular complexity index is 1870. The van der Waals surface area contributed by atoms with Crippen LogP contribution in [0, 0.1) is 17.8 Å². The molecule has 0 aromatic heterocycles. The van der Waals surface area contributed by atoms with Crippen molar-refractivity contribution in [1.82, 2.24) is 4.90 Å². The van der Waals surface area contributed by atoms with Crippen LogP contribution in [0.25, 0.3) is 0 Å². The standard InChI is InChI=1S/C50H83NO18S/c1-29(2)23-39(53)66-48-33(6)63-42(27-50(48,8)55)67-44-32(5)64-49(47(43(44)51(9)10)61-28-35-20-16-15-17-21-35)68-45-36(25-41(58-11)59-12)24-30(3)37(69-70(14,56)57)22-18-19-31(4)62-40(54)26-38(46(45)60-13)65-34(7)52/h15-17,20-21,29-33,36-38,41-49,55H,18-19,22-28H2,1-14H3/t30-,31-,32-,33+,36-,37-,38-,42+,43+,44-,45+,46+,47-,48+,49+,50-/m1/s1. The molecule has 0 saturated carbocycles. The van der Waals surface area contributed by atoms with Crippen molar-refractivity contribution in [2.75, 3.05) is 41.7 Å². The second-order valence-electron chi connectivity index (χ2n) is 20.2. The molecule has 3 saturated heterocycles. The number of methoxy groups -OCH3 is 3. The van der Waals surface area contributed by atoms with Gasteiger partial charge in [-0.25, -0.2) is 0 Å². The number of hydrogen-bond donors (Lipinski definition) is 1. The number of cyclic esters (lactones) is 1. The number of esters is 3. The summed E-state index contributed by atoms with van der Waals surface area (Å²) in [6, 6.07) is 8.92. The van der Waals surface area contributed by atoms with Crippen LogP contribution in [0.1, 0.15) is 112 Å². The summed E-state index contributed by atoms with van der Waals surface area (Å²) in [6.45, 7) is 14.0. The number of aliphatic hydroxyl groups is 1. The second-order valence-corrected chi connectivity index (χ2v) is 21.8. The number of nitrogens with zero attached hydrogens (tertiary/aromatic N) is 1. The Balaban J connectivity index is 1.85. The van der Waals surface area contributed by atoms with E-state index in [0.717, 1.165) is 11.8 Å². The Labute approximate surface area is 416 Å². The molecule has 402 valence electrons. The molecule has 0 amide bonds.